The summed E-state index contributed by atoms with van der Waals surface area (Å²) in [7, 11) is 1.61. The summed E-state index contributed by atoms with van der Waals surface area (Å²) in [6.07, 6.45) is 2.97. The molecule has 2 aliphatic heterocycles. The molecule has 0 spiro atoms. The third-order valence-corrected chi connectivity index (χ3v) is 5.18. The van der Waals surface area contributed by atoms with Crippen LogP contribution < -0.4 is 5.56 Å². The van der Waals surface area contributed by atoms with Gasteiger partial charge in [-0.15, -0.1) is 0 Å². The number of ether oxygens (including phenoxy) is 1. The van der Waals surface area contributed by atoms with Crippen LogP contribution in [0.4, 0.5) is 0 Å². The van der Waals surface area contributed by atoms with Crippen molar-refractivity contribution in [2.75, 3.05) is 13.7 Å². The van der Waals surface area contributed by atoms with Crippen molar-refractivity contribution in [2.45, 2.75) is 44.3 Å². The number of carbonyl (C=O) groups is 1. The minimum atomic E-state index is 0.00689. The summed E-state index contributed by atoms with van der Waals surface area (Å²) >= 11 is 0. The van der Waals surface area contributed by atoms with E-state index in [1.165, 1.54) is 0 Å². The van der Waals surface area contributed by atoms with Gasteiger partial charge in [-0.25, -0.2) is 4.98 Å². The fraction of sp³-hybridized carbons (Fsp3) is 0.500. The highest BCUT2D eigenvalue weighted by Gasteiger charge is 2.40. The molecule has 6 nitrogen and oxygen atoms in total. The van der Waals surface area contributed by atoms with Crippen molar-refractivity contribution in [3.63, 3.8) is 0 Å². The number of para-hydroxylation sites is 1. The van der Waals surface area contributed by atoms with E-state index in [1.807, 2.05) is 29.2 Å². The Hall–Kier alpha value is -2.21. The summed E-state index contributed by atoms with van der Waals surface area (Å²) in [5.74, 6) is 0.921. The quantitative estimate of drug-likeness (QED) is 0.853. The van der Waals surface area contributed by atoms with Crippen molar-refractivity contribution >= 4 is 16.8 Å². The lowest BCUT2D eigenvalue weighted by Crippen LogP contribution is -2.42. The number of amides is 1. The predicted molar refractivity (Wildman–Crippen MR) is 89.9 cm³/mol. The van der Waals surface area contributed by atoms with Crippen molar-refractivity contribution in [3.8, 4) is 0 Å². The van der Waals surface area contributed by atoms with Gasteiger partial charge in [0.25, 0.3) is 5.56 Å². The minimum Gasteiger partial charge on any atom is -0.384 e. The molecule has 0 saturated carbocycles. The fourth-order valence-corrected chi connectivity index (χ4v) is 4.05. The average molecular weight is 327 g/mol. The van der Waals surface area contributed by atoms with Gasteiger partial charge in [-0.05, 0) is 25.0 Å². The summed E-state index contributed by atoms with van der Waals surface area (Å²) in [6.45, 7) is 0.977. The summed E-state index contributed by atoms with van der Waals surface area (Å²) in [4.78, 5) is 32.1. The van der Waals surface area contributed by atoms with Crippen LogP contribution >= 0.6 is 0 Å². The van der Waals surface area contributed by atoms with E-state index in [1.54, 1.807) is 11.7 Å². The Bertz CT molecular complexity index is 845. The maximum Gasteiger partial charge on any atom is 0.261 e. The highest BCUT2D eigenvalue weighted by Crippen LogP contribution is 2.31. The Morgan fingerprint density at radius 2 is 2.08 bits per heavy atom. The summed E-state index contributed by atoms with van der Waals surface area (Å²) < 4.78 is 6.82. The molecule has 0 N–H and O–H groups in total. The molecule has 2 bridgehead atoms. The number of carbonyl (C=O) groups excluding carboxylic acids is 1. The van der Waals surface area contributed by atoms with Crippen LogP contribution in [0.25, 0.3) is 10.9 Å². The molecule has 126 valence electrons. The summed E-state index contributed by atoms with van der Waals surface area (Å²) in [6, 6.07) is 7.68. The van der Waals surface area contributed by atoms with Gasteiger partial charge in [0, 0.05) is 26.1 Å². The van der Waals surface area contributed by atoms with Crippen LogP contribution in [0.15, 0.2) is 29.1 Å². The third-order valence-electron chi connectivity index (χ3n) is 5.18. The molecular weight excluding hydrogens is 306 g/mol. The normalized spacial score (nSPS) is 22.5. The second-order valence-electron chi connectivity index (χ2n) is 6.59. The third kappa shape index (κ3) is 2.41. The molecule has 1 aromatic heterocycles. The number of aromatic nitrogens is 2. The molecule has 1 amide bonds. The predicted octanol–water partition coefficient (Wildman–Crippen LogP) is 1.35. The monoisotopic (exact) mass is 327 g/mol. The number of rotatable bonds is 3. The molecule has 0 aliphatic carbocycles. The van der Waals surface area contributed by atoms with Crippen LogP contribution in [0.2, 0.25) is 0 Å². The van der Waals surface area contributed by atoms with Gasteiger partial charge in [0.05, 0.1) is 30.0 Å². The molecule has 2 aromatic rings. The van der Waals surface area contributed by atoms with Gasteiger partial charge < -0.3 is 9.64 Å². The molecule has 0 radical (unpaired) electrons. The number of methoxy groups -OCH3 is 1. The number of hydrogen-bond donors (Lipinski definition) is 0. The van der Waals surface area contributed by atoms with Gasteiger partial charge in [0.15, 0.2) is 0 Å². The van der Waals surface area contributed by atoms with Crippen molar-refractivity contribution in [2.24, 2.45) is 0 Å². The number of nitrogens with zero attached hydrogens (tertiary/aromatic N) is 3. The van der Waals surface area contributed by atoms with Gasteiger partial charge >= 0.3 is 0 Å². The largest absolute Gasteiger partial charge is 0.384 e. The molecule has 2 atom stereocenters. The minimum absolute atomic E-state index is 0.00689. The molecular formula is C18H21N3O3. The first-order chi connectivity index (χ1) is 11.7. The standard InChI is InChI=1S/C18H21N3O3/c1-24-9-8-17(22)21-12-6-7-13(21)11-20-16(10-12)19-15-5-3-2-4-14(15)18(20)23/h2-5,12-13H,6-11H2,1H3. The molecule has 24 heavy (non-hydrogen) atoms. The second kappa shape index (κ2) is 6.02. The Morgan fingerprint density at radius 3 is 2.92 bits per heavy atom. The van der Waals surface area contributed by atoms with E-state index in [0.29, 0.717) is 31.4 Å². The van der Waals surface area contributed by atoms with Gasteiger partial charge in [0.2, 0.25) is 5.91 Å². The van der Waals surface area contributed by atoms with Crippen LogP contribution in [-0.4, -0.2) is 46.2 Å². The molecule has 1 aromatic carbocycles. The molecule has 1 saturated heterocycles. The van der Waals surface area contributed by atoms with Crippen LogP contribution in [-0.2, 0) is 22.5 Å². The molecule has 2 unspecified atom stereocenters. The lowest BCUT2D eigenvalue weighted by atomic mass is 10.1. The first-order valence-electron chi connectivity index (χ1n) is 8.47. The van der Waals surface area contributed by atoms with Crippen molar-refractivity contribution < 1.29 is 9.53 Å². The van der Waals surface area contributed by atoms with Crippen LogP contribution in [0.1, 0.15) is 25.1 Å². The maximum absolute atomic E-state index is 12.9. The van der Waals surface area contributed by atoms with Gasteiger partial charge in [-0.2, -0.15) is 0 Å². The van der Waals surface area contributed by atoms with Gasteiger partial charge in [-0.3, -0.25) is 14.2 Å². The van der Waals surface area contributed by atoms with Gasteiger partial charge in [-0.1, -0.05) is 12.1 Å². The van der Waals surface area contributed by atoms with Crippen LogP contribution in [0.3, 0.4) is 0 Å². The zero-order valence-electron chi connectivity index (χ0n) is 13.8. The highest BCUT2D eigenvalue weighted by atomic mass is 16.5. The zero-order chi connectivity index (χ0) is 16.7. The van der Waals surface area contributed by atoms with E-state index in [0.717, 1.165) is 24.2 Å². The van der Waals surface area contributed by atoms with Crippen LogP contribution in [0.5, 0.6) is 0 Å². The Labute approximate surface area is 140 Å². The summed E-state index contributed by atoms with van der Waals surface area (Å²) in [5, 5.41) is 0.649. The Kier molecular flexibility index (Phi) is 3.84. The van der Waals surface area contributed by atoms with Crippen molar-refractivity contribution in [3.05, 3.63) is 40.4 Å². The van der Waals surface area contributed by atoms with E-state index in [2.05, 4.69) is 0 Å². The lowest BCUT2D eigenvalue weighted by Gasteiger charge is -2.27. The van der Waals surface area contributed by atoms with E-state index in [9.17, 15) is 9.59 Å². The Morgan fingerprint density at radius 1 is 1.29 bits per heavy atom. The second-order valence-corrected chi connectivity index (χ2v) is 6.59. The van der Waals surface area contributed by atoms with E-state index < -0.39 is 0 Å². The molecule has 3 heterocycles. The van der Waals surface area contributed by atoms with E-state index >= 15 is 0 Å². The zero-order valence-corrected chi connectivity index (χ0v) is 13.8. The average Bonchev–Trinajstić information content (AvgIpc) is 2.89. The molecule has 1 fully saturated rings. The van der Waals surface area contributed by atoms with Crippen molar-refractivity contribution in [1.82, 2.24) is 14.5 Å². The lowest BCUT2D eigenvalue weighted by molar-refractivity contribution is -0.135. The summed E-state index contributed by atoms with van der Waals surface area (Å²) in [5.41, 5.74) is 0.747. The maximum atomic E-state index is 12.9. The highest BCUT2D eigenvalue weighted by molar-refractivity contribution is 5.78. The smallest absolute Gasteiger partial charge is 0.261 e. The molecule has 4 rings (SSSR count). The topological polar surface area (TPSA) is 64.4 Å². The first kappa shape index (κ1) is 15.3. The SMILES string of the molecule is COCCC(=O)N1C2CCC1Cn1c(nc3ccccc3c1=O)C2. The van der Waals surface area contributed by atoms with Gasteiger partial charge in [0.1, 0.15) is 5.82 Å². The van der Waals surface area contributed by atoms with Crippen LogP contribution in [0, 0.1) is 0 Å². The number of hydrogen-bond acceptors (Lipinski definition) is 4. The van der Waals surface area contributed by atoms with E-state index in [-0.39, 0.29) is 23.6 Å². The molecule has 2 aliphatic rings. The number of fused-ring (bicyclic) bond motifs is 4. The fourth-order valence-electron chi connectivity index (χ4n) is 4.05. The Balaban J connectivity index is 1.73. The van der Waals surface area contributed by atoms with E-state index in [4.69, 9.17) is 9.72 Å². The number of benzene rings is 1. The van der Waals surface area contributed by atoms with Crippen molar-refractivity contribution in [1.29, 1.82) is 0 Å². The first-order valence-corrected chi connectivity index (χ1v) is 8.47. The molecule has 6 heteroatoms.